The minimum absolute atomic E-state index is 0. The Morgan fingerprint density at radius 1 is 1.16 bits per heavy atom. The van der Waals surface area contributed by atoms with Gasteiger partial charge in [0, 0.05) is 18.3 Å². The van der Waals surface area contributed by atoms with E-state index in [2.05, 4.69) is 25.8 Å². The van der Waals surface area contributed by atoms with Crippen LogP contribution in [0, 0.1) is 12.7 Å². The number of hydrogen-bond acceptors (Lipinski definition) is 7. The lowest BCUT2D eigenvalue weighted by Crippen LogP contribution is -2.28. The maximum atomic E-state index is 13.3. The molecule has 4 rings (SSSR count). The molecule has 0 spiro atoms. The minimum Gasteiger partial charge on any atom is -0.495 e. The molecular formula is C26H28ClFN6O3. The Hall–Kier alpha value is -4.02. The molecule has 0 saturated heterocycles. The molecule has 0 bridgehead atoms. The van der Waals surface area contributed by atoms with Crippen molar-refractivity contribution >= 4 is 24.1 Å². The predicted octanol–water partition coefficient (Wildman–Crippen LogP) is 4.10. The molecular weight excluding hydrogens is 499 g/mol. The number of aliphatic hydroxyl groups excluding tert-OH is 1. The Morgan fingerprint density at radius 2 is 1.92 bits per heavy atom. The zero-order chi connectivity index (χ0) is 25.7. The van der Waals surface area contributed by atoms with Crippen molar-refractivity contribution in [2.24, 2.45) is 0 Å². The van der Waals surface area contributed by atoms with Gasteiger partial charge in [-0.25, -0.2) is 9.37 Å². The van der Waals surface area contributed by atoms with Gasteiger partial charge in [0.1, 0.15) is 11.6 Å². The third kappa shape index (κ3) is 6.41. The molecule has 0 fully saturated rings. The number of anilines is 1. The van der Waals surface area contributed by atoms with Crippen molar-refractivity contribution in [1.82, 2.24) is 25.1 Å². The monoisotopic (exact) mass is 526 g/mol. The Bertz CT molecular complexity index is 1360. The zero-order valence-corrected chi connectivity index (χ0v) is 21.4. The fraction of sp³-hybridized carbons (Fsp3) is 0.231. The van der Waals surface area contributed by atoms with Gasteiger partial charge in [0.25, 0.3) is 5.91 Å². The number of carbonyl (C=O) groups excluding carboxylic acids is 1. The normalized spacial score (nSPS) is 11.4. The van der Waals surface area contributed by atoms with E-state index >= 15 is 0 Å². The molecule has 0 aliphatic carbocycles. The van der Waals surface area contributed by atoms with Gasteiger partial charge in [-0.15, -0.1) is 22.6 Å². The predicted molar refractivity (Wildman–Crippen MR) is 141 cm³/mol. The Labute approximate surface area is 220 Å². The summed E-state index contributed by atoms with van der Waals surface area (Å²) in [6.45, 7) is 3.68. The lowest BCUT2D eigenvalue weighted by molar-refractivity contribution is 0.0945. The third-order valence-corrected chi connectivity index (χ3v) is 5.62. The highest BCUT2D eigenvalue weighted by Crippen LogP contribution is 2.30. The quantitative estimate of drug-likeness (QED) is 0.301. The van der Waals surface area contributed by atoms with E-state index in [9.17, 15) is 9.18 Å². The number of benzene rings is 2. The molecule has 3 N–H and O–H groups in total. The van der Waals surface area contributed by atoms with Crippen molar-refractivity contribution in [3.05, 3.63) is 83.7 Å². The van der Waals surface area contributed by atoms with Gasteiger partial charge >= 0.3 is 0 Å². The van der Waals surface area contributed by atoms with Crippen LogP contribution in [0.4, 0.5) is 10.2 Å². The van der Waals surface area contributed by atoms with Gasteiger partial charge < -0.3 is 25.0 Å². The highest BCUT2D eigenvalue weighted by atomic mass is 35.5. The Balaban J connectivity index is 0.00000380. The maximum Gasteiger partial charge on any atom is 0.255 e. The summed E-state index contributed by atoms with van der Waals surface area (Å²) in [4.78, 5) is 17.2. The number of amides is 1. The summed E-state index contributed by atoms with van der Waals surface area (Å²) in [6.07, 6.45) is 3.60. The van der Waals surface area contributed by atoms with Crippen LogP contribution in [0.25, 0.3) is 16.9 Å². The number of imidazole rings is 1. The van der Waals surface area contributed by atoms with E-state index < -0.39 is 5.91 Å². The summed E-state index contributed by atoms with van der Waals surface area (Å²) in [5, 5.41) is 23.6. The van der Waals surface area contributed by atoms with E-state index in [1.807, 2.05) is 42.8 Å². The second-order valence-corrected chi connectivity index (χ2v) is 8.20. The van der Waals surface area contributed by atoms with Gasteiger partial charge in [-0.05, 0) is 49.7 Å². The van der Waals surface area contributed by atoms with E-state index in [0.29, 0.717) is 17.0 Å². The molecule has 11 heteroatoms. The minimum atomic E-state index is -0.411. The molecule has 194 valence electrons. The van der Waals surface area contributed by atoms with Crippen molar-refractivity contribution in [1.29, 1.82) is 0 Å². The largest absolute Gasteiger partial charge is 0.495 e. The fourth-order valence-corrected chi connectivity index (χ4v) is 3.72. The summed E-state index contributed by atoms with van der Waals surface area (Å²) >= 11 is 0. The summed E-state index contributed by atoms with van der Waals surface area (Å²) in [6, 6.07) is 13.0. The number of aliphatic hydroxyl groups is 1. The summed E-state index contributed by atoms with van der Waals surface area (Å²) in [5.74, 6) is 0.129. The second-order valence-electron chi connectivity index (χ2n) is 8.20. The molecule has 2 aromatic carbocycles. The van der Waals surface area contributed by atoms with Crippen LogP contribution in [0.5, 0.6) is 5.75 Å². The molecule has 1 atom stereocenters. The van der Waals surface area contributed by atoms with Crippen LogP contribution in [-0.2, 0) is 0 Å². The molecule has 4 aromatic rings. The van der Waals surface area contributed by atoms with Gasteiger partial charge in [0.15, 0.2) is 5.82 Å². The molecule has 9 nitrogen and oxygen atoms in total. The van der Waals surface area contributed by atoms with Crippen LogP contribution in [0.3, 0.4) is 0 Å². The first kappa shape index (κ1) is 27.6. The fourth-order valence-electron chi connectivity index (χ4n) is 3.72. The van der Waals surface area contributed by atoms with E-state index in [4.69, 9.17) is 9.84 Å². The molecule has 0 saturated carbocycles. The van der Waals surface area contributed by atoms with Crippen molar-refractivity contribution in [2.75, 3.05) is 25.6 Å². The smallest absolute Gasteiger partial charge is 0.255 e. The van der Waals surface area contributed by atoms with Crippen LogP contribution in [0.2, 0.25) is 0 Å². The van der Waals surface area contributed by atoms with Crippen molar-refractivity contribution in [3.8, 4) is 22.7 Å². The van der Waals surface area contributed by atoms with Crippen molar-refractivity contribution in [3.63, 3.8) is 0 Å². The maximum absolute atomic E-state index is 13.3. The first-order chi connectivity index (χ1) is 17.4. The molecule has 0 unspecified atom stereocenters. The number of nitrogens with zero attached hydrogens (tertiary/aromatic N) is 4. The van der Waals surface area contributed by atoms with Crippen LogP contribution >= 0.6 is 12.4 Å². The number of rotatable bonds is 9. The standard InChI is InChI=1S/C26H27FN6O3.ClH/c1-16-14-33(15-29-16)23-9-6-19(12-24(23)36-3)22-13-21(26(35)28-10-11-34)25(32-31-22)30-17(2)18-4-7-20(27)8-5-18;/h4-9,12-15,17,34H,10-11H2,1-3H3,(H,28,35)(H,30,32);1H/t17-;/m0./s1. The summed E-state index contributed by atoms with van der Waals surface area (Å²) in [7, 11) is 1.58. The average Bonchev–Trinajstić information content (AvgIpc) is 3.33. The molecule has 0 aliphatic rings. The van der Waals surface area contributed by atoms with Crippen LogP contribution < -0.4 is 15.4 Å². The number of nitrogens with one attached hydrogen (secondary N) is 2. The second kappa shape index (κ2) is 12.3. The first-order valence-corrected chi connectivity index (χ1v) is 11.4. The molecule has 0 radical (unpaired) electrons. The third-order valence-electron chi connectivity index (χ3n) is 5.62. The topological polar surface area (TPSA) is 114 Å². The Kier molecular flexibility index (Phi) is 9.15. The van der Waals surface area contributed by atoms with Crippen molar-refractivity contribution < 1.29 is 19.0 Å². The van der Waals surface area contributed by atoms with E-state index in [0.717, 1.165) is 16.9 Å². The van der Waals surface area contributed by atoms with Crippen LogP contribution in [0.15, 0.2) is 61.1 Å². The Morgan fingerprint density at radius 3 is 2.57 bits per heavy atom. The number of hydrogen-bond donors (Lipinski definition) is 3. The summed E-state index contributed by atoms with van der Waals surface area (Å²) in [5.41, 5.74) is 3.94. The van der Waals surface area contributed by atoms with Gasteiger partial charge in [-0.2, -0.15) is 0 Å². The molecule has 2 aromatic heterocycles. The highest BCUT2D eigenvalue weighted by molar-refractivity contribution is 5.99. The number of halogens is 2. The summed E-state index contributed by atoms with van der Waals surface area (Å²) < 4.78 is 20.8. The van der Waals surface area contributed by atoms with Gasteiger partial charge in [0.05, 0.1) is 48.7 Å². The van der Waals surface area contributed by atoms with Crippen LogP contribution in [0.1, 0.15) is 34.6 Å². The van der Waals surface area contributed by atoms with E-state index in [-0.39, 0.29) is 48.8 Å². The number of methoxy groups -OCH3 is 1. The molecule has 1 amide bonds. The molecule has 37 heavy (non-hydrogen) atoms. The number of aromatic nitrogens is 4. The van der Waals surface area contributed by atoms with Crippen LogP contribution in [-0.4, -0.2) is 51.0 Å². The lowest BCUT2D eigenvalue weighted by Gasteiger charge is -2.18. The molecule has 0 aliphatic heterocycles. The number of carbonyl (C=O) groups is 1. The lowest BCUT2D eigenvalue weighted by atomic mass is 10.1. The first-order valence-electron chi connectivity index (χ1n) is 11.4. The highest BCUT2D eigenvalue weighted by Gasteiger charge is 2.19. The molecule has 2 heterocycles. The number of ether oxygens (including phenoxy) is 1. The van der Waals surface area contributed by atoms with Gasteiger partial charge in [0.2, 0.25) is 0 Å². The van der Waals surface area contributed by atoms with E-state index in [1.54, 1.807) is 31.6 Å². The zero-order valence-electron chi connectivity index (χ0n) is 20.6. The van der Waals surface area contributed by atoms with E-state index in [1.165, 1.54) is 12.1 Å². The van der Waals surface area contributed by atoms with Gasteiger partial charge in [-0.1, -0.05) is 18.2 Å². The van der Waals surface area contributed by atoms with Gasteiger partial charge in [-0.3, -0.25) is 4.79 Å². The van der Waals surface area contributed by atoms with Crippen molar-refractivity contribution in [2.45, 2.75) is 19.9 Å². The SMILES string of the molecule is COc1cc(-c2cc(C(=O)NCCO)c(N[C@@H](C)c3ccc(F)cc3)nn2)ccc1-n1cnc(C)c1.Cl. The average molecular weight is 527 g/mol. The number of aryl methyl sites for hydroxylation is 1.